The van der Waals surface area contributed by atoms with E-state index in [9.17, 15) is 4.79 Å². The largest absolute Gasteiger partial charge is 0.367 e. The Kier molecular flexibility index (Phi) is 5.66. The van der Waals surface area contributed by atoms with E-state index in [1.54, 1.807) is 6.21 Å². The van der Waals surface area contributed by atoms with Crippen molar-refractivity contribution in [3.05, 3.63) is 70.3 Å². The zero-order valence-corrected chi connectivity index (χ0v) is 14.0. The Labute approximate surface area is 137 Å². The fourth-order valence-corrected chi connectivity index (χ4v) is 2.64. The third-order valence-corrected chi connectivity index (χ3v) is 3.68. The molecule has 0 fully saturated rings. The maximum atomic E-state index is 12.2. The second-order valence-corrected chi connectivity index (χ2v) is 5.57. The fourth-order valence-electron chi connectivity index (χ4n) is 2.64. The van der Waals surface area contributed by atoms with Crippen molar-refractivity contribution < 1.29 is 9.53 Å². The zero-order valence-electron chi connectivity index (χ0n) is 14.0. The average Bonchev–Trinajstić information content (AvgIpc) is 2.51. The van der Waals surface area contributed by atoms with Gasteiger partial charge in [0.05, 0.1) is 6.21 Å². The highest BCUT2D eigenvalue weighted by molar-refractivity contribution is 5.87. The molecule has 23 heavy (non-hydrogen) atoms. The highest BCUT2D eigenvalue weighted by Gasteiger charge is 2.19. The molecule has 0 aromatic heterocycles. The quantitative estimate of drug-likeness (QED) is 0.679. The van der Waals surface area contributed by atoms with Crippen molar-refractivity contribution in [1.29, 1.82) is 0 Å². The lowest BCUT2D eigenvalue weighted by Crippen LogP contribution is -2.26. The van der Waals surface area contributed by atoms with E-state index < -0.39 is 6.10 Å². The molecular weight excluding hydrogens is 288 g/mol. The van der Waals surface area contributed by atoms with Crippen molar-refractivity contribution in [3.63, 3.8) is 0 Å². The molecule has 0 aliphatic carbocycles. The molecule has 0 bridgehead atoms. The minimum Gasteiger partial charge on any atom is -0.367 e. The van der Waals surface area contributed by atoms with Crippen molar-refractivity contribution in [2.75, 3.05) is 7.11 Å². The van der Waals surface area contributed by atoms with Crippen LogP contribution in [0.5, 0.6) is 0 Å². The SMILES string of the molecule is COC(C(=O)NN=Cc1c(C)cc(C)cc1C)c1ccccc1. The van der Waals surface area contributed by atoms with E-state index in [1.165, 1.54) is 12.7 Å². The number of benzene rings is 2. The number of rotatable bonds is 5. The molecule has 0 aliphatic heterocycles. The van der Waals surface area contributed by atoms with Gasteiger partial charge in [-0.25, -0.2) is 5.43 Å². The standard InChI is InChI=1S/C19H22N2O2/c1-13-10-14(2)17(15(3)11-13)12-20-21-19(22)18(23-4)16-8-6-5-7-9-16/h5-12,18H,1-4H3,(H,21,22). The van der Waals surface area contributed by atoms with Crippen LogP contribution in [-0.4, -0.2) is 19.2 Å². The number of hydrazone groups is 1. The summed E-state index contributed by atoms with van der Waals surface area (Å²) in [6, 6.07) is 13.5. The topological polar surface area (TPSA) is 50.7 Å². The maximum Gasteiger partial charge on any atom is 0.273 e. The molecule has 0 aliphatic rings. The average molecular weight is 310 g/mol. The van der Waals surface area contributed by atoms with E-state index in [4.69, 9.17) is 4.74 Å². The summed E-state index contributed by atoms with van der Waals surface area (Å²) in [5, 5.41) is 4.08. The van der Waals surface area contributed by atoms with Gasteiger partial charge in [0.15, 0.2) is 6.10 Å². The molecule has 1 N–H and O–H groups in total. The van der Waals surface area contributed by atoms with Crippen LogP contribution in [-0.2, 0) is 9.53 Å². The summed E-state index contributed by atoms with van der Waals surface area (Å²) in [6.45, 7) is 6.13. The second-order valence-electron chi connectivity index (χ2n) is 5.57. The Morgan fingerprint density at radius 3 is 2.30 bits per heavy atom. The molecule has 1 unspecified atom stereocenters. The Balaban J connectivity index is 2.09. The van der Waals surface area contributed by atoms with Gasteiger partial charge in [-0.3, -0.25) is 4.79 Å². The Morgan fingerprint density at radius 2 is 1.74 bits per heavy atom. The smallest absolute Gasteiger partial charge is 0.273 e. The summed E-state index contributed by atoms with van der Waals surface area (Å²) in [5.74, 6) is -0.294. The van der Waals surface area contributed by atoms with Crippen LogP contribution < -0.4 is 5.43 Å². The summed E-state index contributed by atoms with van der Waals surface area (Å²) in [4.78, 5) is 12.2. The number of carbonyl (C=O) groups is 1. The van der Waals surface area contributed by atoms with Gasteiger partial charge >= 0.3 is 0 Å². The van der Waals surface area contributed by atoms with Crippen molar-refractivity contribution in [2.45, 2.75) is 26.9 Å². The number of hydrogen-bond acceptors (Lipinski definition) is 3. The molecule has 4 heteroatoms. The first kappa shape index (κ1) is 16.9. The molecule has 2 rings (SSSR count). The number of nitrogens with one attached hydrogen (secondary N) is 1. The lowest BCUT2D eigenvalue weighted by atomic mass is 10.0. The number of hydrogen-bond donors (Lipinski definition) is 1. The fraction of sp³-hybridized carbons (Fsp3) is 0.263. The van der Waals surface area contributed by atoms with E-state index in [1.807, 2.05) is 44.2 Å². The lowest BCUT2D eigenvalue weighted by molar-refractivity contribution is -0.131. The summed E-state index contributed by atoms with van der Waals surface area (Å²) < 4.78 is 5.28. The van der Waals surface area contributed by atoms with Crippen LogP contribution in [0.15, 0.2) is 47.6 Å². The number of nitrogens with zero attached hydrogens (tertiary/aromatic N) is 1. The van der Waals surface area contributed by atoms with Gasteiger partial charge in [-0.2, -0.15) is 5.10 Å². The number of ether oxygens (including phenoxy) is 1. The number of aryl methyl sites for hydroxylation is 3. The van der Waals surface area contributed by atoms with E-state index in [0.29, 0.717) is 0 Å². The van der Waals surface area contributed by atoms with E-state index in [2.05, 4.69) is 29.6 Å². The summed E-state index contributed by atoms with van der Waals surface area (Å²) in [5.41, 5.74) is 7.85. The van der Waals surface area contributed by atoms with Crippen LogP contribution in [0.4, 0.5) is 0 Å². The molecule has 1 atom stereocenters. The Bertz CT molecular complexity index is 686. The van der Waals surface area contributed by atoms with Gasteiger partial charge in [0.25, 0.3) is 5.91 Å². The van der Waals surface area contributed by atoms with Crippen LogP contribution >= 0.6 is 0 Å². The van der Waals surface area contributed by atoms with Gasteiger partial charge in [-0.05, 0) is 37.5 Å². The second kappa shape index (κ2) is 7.70. The van der Waals surface area contributed by atoms with E-state index in [0.717, 1.165) is 22.3 Å². The lowest BCUT2D eigenvalue weighted by Gasteiger charge is -2.13. The maximum absolute atomic E-state index is 12.2. The summed E-state index contributed by atoms with van der Waals surface area (Å²) in [7, 11) is 1.51. The monoisotopic (exact) mass is 310 g/mol. The number of carbonyl (C=O) groups excluding carboxylic acids is 1. The predicted octanol–water partition coefficient (Wildman–Crippen LogP) is 3.45. The van der Waals surface area contributed by atoms with Crippen LogP contribution in [0.1, 0.15) is 33.9 Å². The van der Waals surface area contributed by atoms with E-state index in [-0.39, 0.29) is 5.91 Å². The molecule has 2 aromatic rings. The Hall–Kier alpha value is -2.46. The van der Waals surface area contributed by atoms with Crippen molar-refractivity contribution in [3.8, 4) is 0 Å². The first-order valence-electron chi connectivity index (χ1n) is 7.51. The van der Waals surface area contributed by atoms with Crippen molar-refractivity contribution in [2.24, 2.45) is 5.10 Å². The number of methoxy groups -OCH3 is 1. The minimum absolute atomic E-state index is 0.294. The summed E-state index contributed by atoms with van der Waals surface area (Å²) in [6.07, 6.45) is 1.01. The van der Waals surface area contributed by atoms with Gasteiger partial charge in [0, 0.05) is 12.7 Å². The minimum atomic E-state index is -0.673. The first-order chi connectivity index (χ1) is 11.0. The van der Waals surface area contributed by atoms with Crippen molar-refractivity contribution in [1.82, 2.24) is 5.43 Å². The third-order valence-electron chi connectivity index (χ3n) is 3.68. The van der Waals surface area contributed by atoms with Crippen LogP contribution in [0, 0.1) is 20.8 Å². The molecule has 2 aromatic carbocycles. The summed E-state index contributed by atoms with van der Waals surface area (Å²) >= 11 is 0. The zero-order chi connectivity index (χ0) is 16.8. The molecule has 4 nitrogen and oxygen atoms in total. The molecule has 120 valence electrons. The molecule has 0 saturated heterocycles. The molecule has 1 amide bonds. The van der Waals surface area contributed by atoms with Gasteiger partial charge in [0.1, 0.15) is 0 Å². The molecular formula is C19H22N2O2. The predicted molar refractivity (Wildman–Crippen MR) is 92.6 cm³/mol. The van der Waals surface area contributed by atoms with Crippen molar-refractivity contribution >= 4 is 12.1 Å². The normalized spacial score (nSPS) is 12.3. The highest BCUT2D eigenvalue weighted by Crippen LogP contribution is 2.16. The Morgan fingerprint density at radius 1 is 1.13 bits per heavy atom. The molecule has 0 heterocycles. The number of amides is 1. The van der Waals surface area contributed by atoms with Crippen LogP contribution in [0.2, 0.25) is 0 Å². The molecule has 0 spiro atoms. The van der Waals surface area contributed by atoms with Crippen LogP contribution in [0.3, 0.4) is 0 Å². The third kappa shape index (κ3) is 4.27. The van der Waals surface area contributed by atoms with Gasteiger partial charge in [-0.15, -0.1) is 0 Å². The first-order valence-corrected chi connectivity index (χ1v) is 7.51. The van der Waals surface area contributed by atoms with Gasteiger partial charge < -0.3 is 4.74 Å². The van der Waals surface area contributed by atoms with Gasteiger partial charge in [-0.1, -0.05) is 48.0 Å². The van der Waals surface area contributed by atoms with E-state index >= 15 is 0 Å². The molecule has 0 saturated carbocycles. The highest BCUT2D eigenvalue weighted by atomic mass is 16.5. The van der Waals surface area contributed by atoms with Gasteiger partial charge in [0.2, 0.25) is 0 Å². The van der Waals surface area contributed by atoms with Crippen LogP contribution in [0.25, 0.3) is 0 Å². The molecule has 0 radical (unpaired) electrons.